The Balaban J connectivity index is 1.72. The van der Waals surface area contributed by atoms with E-state index in [4.69, 9.17) is 0 Å². The minimum atomic E-state index is -0.0733. The molecule has 0 saturated heterocycles. The van der Waals surface area contributed by atoms with Crippen molar-refractivity contribution in [3.8, 4) is 0 Å². The van der Waals surface area contributed by atoms with Crippen molar-refractivity contribution in [2.45, 2.75) is 56.9 Å². The lowest BCUT2D eigenvalue weighted by Gasteiger charge is -2.13. The fourth-order valence-electron chi connectivity index (χ4n) is 2.36. The Bertz CT molecular complexity index is 447. The van der Waals surface area contributed by atoms with Gasteiger partial charge in [-0.15, -0.1) is 11.3 Å². The quantitative estimate of drug-likeness (QED) is 0.876. The van der Waals surface area contributed by atoms with Crippen molar-refractivity contribution in [3.63, 3.8) is 0 Å². The first-order valence-corrected chi connectivity index (χ1v) is 9.26. The molecule has 0 aromatic carbocycles. The number of nitrogens with one attached hydrogen (secondary N) is 2. The smallest absolute Gasteiger partial charge is 0.315 e. The number of hydrogen-bond donors (Lipinski definition) is 2. The van der Waals surface area contributed by atoms with E-state index in [9.17, 15) is 4.79 Å². The van der Waals surface area contributed by atoms with Crippen LogP contribution < -0.4 is 10.6 Å². The minimum Gasteiger partial charge on any atom is -0.335 e. The summed E-state index contributed by atoms with van der Waals surface area (Å²) in [6, 6.07) is 0.255. The fourth-order valence-corrected chi connectivity index (χ4v) is 3.99. The molecule has 1 aliphatic rings. The van der Waals surface area contributed by atoms with Gasteiger partial charge in [0, 0.05) is 22.6 Å². The van der Waals surface area contributed by atoms with Crippen LogP contribution in [0.3, 0.4) is 0 Å². The average molecular weight is 313 g/mol. The van der Waals surface area contributed by atoms with Crippen LogP contribution in [0.25, 0.3) is 0 Å². The molecule has 1 aromatic heterocycles. The lowest BCUT2D eigenvalue weighted by Crippen LogP contribution is -2.40. The number of carbonyl (C=O) groups excluding carboxylic acids is 1. The van der Waals surface area contributed by atoms with Gasteiger partial charge < -0.3 is 10.6 Å². The monoisotopic (exact) mass is 313 g/mol. The number of thioether (sulfide) groups is 1. The van der Waals surface area contributed by atoms with Gasteiger partial charge in [0.25, 0.3) is 0 Å². The maximum absolute atomic E-state index is 11.9. The third-order valence-electron chi connectivity index (χ3n) is 3.55. The van der Waals surface area contributed by atoms with E-state index in [1.807, 2.05) is 17.1 Å². The standard InChI is InChI=1S/C14H23N3OS2/c1-9(2)13-16-11(8-20-13)7-15-14(18)17-10-4-5-12(6-10)19-3/h8-10,12H,4-7H2,1-3H3,(H2,15,17,18). The van der Waals surface area contributed by atoms with E-state index < -0.39 is 0 Å². The van der Waals surface area contributed by atoms with Gasteiger partial charge in [0.05, 0.1) is 17.2 Å². The average Bonchev–Trinajstić information content (AvgIpc) is 3.05. The van der Waals surface area contributed by atoms with Crippen LogP contribution in [0, 0.1) is 0 Å². The first-order chi connectivity index (χ1) is 9.58. The van der Waals surface area contributed by atoms with E-state index in [2.05, 4.69) is 35.7 Å². The van der Waals surface area contributed by atoms with E-state index in [1.54, 1.807) is 11.3 Å². The number of urea groups is 1. The minimum absolute atomic E-state index is 0.0733. The number of amides is 2. The second kappa shape index (κ2) is 7.31. The Labute approximate surface area is 129 Å². The second-order valence-electron chi connectivity index (χ2n) is 5.53. The summed E-state index contributed by atoms with van der Waals surface area (Å²) >= 11 is 3.56. The van der Waals surface area contributed by atoms with Crippen molar-refractivity contribution in [3.05, 3.63) is 16.1 Å². The van der Waals surface area contributed by atoms with Crippen molar-refractivity contribution in [1.29, 1.82) is 0 Å². The summed E-state index contributed by atoms with van der Waals surface area (Å²) in [5, 5.41) is 9.80. The maximum Gasteiger partial charge on any atom is 0.315 e. The van der Waals surface area contributed by atoms with Gasteiger partial charge in [-0.3, -0.25) is 0 Å². The van der Waals surface area contributed by atoms with Crippen LogP contribution in [0.2, 0.25) is 0 Å². The van der Waals surface area contributed by atoms with Gasteiger partial charge in [-0.2, -0.15) is 11.8 Å². The molecule has 20 heavy (non-hydrogen) atoms. The molecule has 1 aliphatic carbocycles. The fraction of sp³-hybridized carbons (Fsp3) is 0.714. The molecule has 0 radical (unpaired) electrons. The molecule has 2 amide bonds. The Morgan fingerprint density at radius 2 is 2.35 bits per heavy atom. The molecule has 0 spiro atoms. The van der Waals surface area contributed by atoms with Crippen LogP contribution in [0.4, 0.5) is 4.79 Å². The van der Waals surface area contributed by atoms with Gasteiger partial charge in [0.2, 0.25) is 0 Å². The molecule has 2 N–H and O–H groups in total. The van der Waals surface area contributed by atoms with Gasteiger partial charge in [-0.1, -0.05) is 13.8 Å². The molecule has 2 rings (SSSR count). The van der Waals surface area contributed by atoms with Crippen LogP contribution in [-0.2, 0) is 6.54 Å². The highest BCUT2D eigenvalue weighted by Gasteiger charge is 2.24. The van der Waals surface area contributed by atoms with E-state index in [0.29, 0.717) is 23.8 Å². The Morgan fingerprint density at radius 3 is 2.95 bits per heavy atom. The number of hydrogen-bond acceptors (Lipinski definition) is 4. The van der Waals surface area contributed by atoms with Crippen LogP contribution in [0.15, 0.2) is 5.38 Å². The molecule has 112 valence electrons. The molecular weight excluding hydrogens is 290 g/mol. The van der Waals surface area contributed by atoms with Crippen molar-refractivity contribution in [2.75, 3.05) is 6.26 Å². The van der Waals surface area contributed by atoms with Crippen molar-refractivity contribution < 1.29 is 4.79 Å². The molecular formula is C14H23N3OS2. The van der Waals surface area contributed by atoms with Gasteiger partial charge in [-0.05, 0) is 25.5 Å². The summed E-state index contributed by atoms with van der Waals surface area (Å²) < 4.78 is 0. The lowest BCUT2D eigenvalue weighted by atomic mass is 10.2. The molecule has 1 saturated carbocycles. The summed E-state index contributed by atoms with van der Waals surface area (Å²) in [5.74, 6) is 0.449. The zero-order valence-corrected chi connectivity index (χ0v) is 13.9. The zero-order chi connectivity index (χ0) is 14.5. The number of nitrogens with zero attached hydrogens (tertiary/aromatic N) is 1. The molecule has 4 nitrogen and oxygen atoms in total. The van der Waals surface area contributed by atoms with E-state index in [1.165, 1.54) is 6.42 Å². The first kappa shape index (κ1) is 15.6. The largest absolute Gasteiger partial charge is 0.335 e. The van der Waals surface area contributed by atoms with Gasteiger partial charge in [0.15, 0.2) is 0 Å². The maximum atomic E-state index is 11.9. The van der Waals surface area contributed by atoms with Crippen molar-refractivity contribution >= 4 is 29.1 Å². The van der Waals surface area contributed by atoms with Crippen LogP contribution in [-0.4, -0.2) is 28.6 Å². The van der Waals surface area contributed by atoms with E-state index in [0.717, 1.165) is 23.5 Å². The number of carbonyl (C=O) groups is 1. The van der Waals surface area contributed by atoms with Gasteiger partial charge >= 0.3 is 6.03 Å². The summed E-state index contributed by atoms with van der Waals surface area (Å²) in [6.07, 6.45) is 5.52. The predicted octanol–water partition coefficient (Wildman–Crippen LogP) is 3.35. The van der Waals surface area contributed by atoms with Gasteiger partial charge in [-0.25, -0.2) is 9.78 Å². The molecule has 0 bridgehead atoms. The van der Waals surface area contributed by atoms with Crippen molar-refractivity contribution in [2.24, 2.45) is 0 Å². The predicted molar refractivity (Wildman–Crippen MR) is 86.5 cm³/mol. The highest BCUT2D eigenvalue weighted by Crippen LogP contribution is 2.28. The lowest BCUT2D eigenvalue weighted by molar-refractivity contribution is 0.236. The Morgan fingerprint density at radius 1 is 1.55 bits per heavy atom. The third-order valence-corrected chi connectivity index (χ3v) is 5.84. The highest BCUT2D eigenvalue weighted by molar-refractivity contribution is 7.99. The van der Waals surface area contributed by atoms with E-state index in [-0.39, 0.29) is 6.03 Å². The molecule has 1 fully saturated rings. The topological polar surface area (TPSA) is 54.0 Å². The van der Waals surface area contributed by atoms with Crippen LogP contribution >= 0.6 is 23.1 Å². The molecule has 1 heterocycles. The van der Waals surface area contributed by atoms with Gasteiger partial charge in [0.1, 0.15) is 0 Å². The number of thiazole rings is 1. The molecule has 1 aromatic rings. The summed E-state index contributed by atoms with van der Waals surface area (Å²) in [7, 11) is 0. The number of aromatic nitrogens is 1. The second-order valence-corrected chi connectivity index (χ2v) is 7.55. The summed E-state index contributed by atoms with van der Waals surface area (Å²) in [5.41, 5.74) is 0.947. The Hall–Kier alpha value is -0.750. The first-order valence-electron chi connectivity index (χ1n) is 7.10. The third kappa shape index (κ3) is 4.38. The van der Waals surface area contributed by atoms with Crippen molar-refractivity contribution in [1.82, 2.24) is 15.6 Å². The molecule has 6 heteroatoms. The molecule has 0 aliphatic heterocycles. The van der Waals surface area contributed by atoms with E-state index >= 15 is 0 Å². The normalized spacial score (nSPS) is 22.2. The zero-order valence-electron chi connectivity index (χ0n) is 12.3. The Kier molecular flexibility index (Phi) is 5.72. The SMILES string of the molecule is CSC1CCC(NC(=O)NCc2csc(C(C)C)n2)C1. The highest BCUT2D eigenvalue weighted by atomic mass is 32.2. The number of rotatable bonds is 5. The van der Waals surface area contributed by atoms with Crippen LogP contribution in [0.5, 0.6) is 0 Å². The summed E-state index contributed by atoms with van der Waals surface area (Å²) in [6.45, 7) is 4.77. The molecule has 2 atom stereocenters. The molecule has 2 unspecified atom stereocenters. The van der Waals surface area contributed by atoms with Crippen LogP contribution in [0.1, 0.15) is 49.7 Å². The summed E-state index contributed by atoms with van der Waals surface area (Å²) in [4.78, 5) is 16.4.